The Balaban J connectivity index is 1.25. The maximum absolute atomic E-state index is 2.48. The number of hydrogen-bond acceptors (Lipinski definition) is 1. The number of rotatable bonds is 4. The van der Waals surface area contributed by atoms with Gasteiger partial charge in [-0.25, -0.2) is 0 Å². The Morgan fingerprint density at radius 2 is 0.755 bits per heavy atom. The van der Waals surface area contributed by atoms with Gasteiger partial charge < -0.3 is 4.90 Å². The smallest absolute Gasteiger partial charge is 0.0546 e. The first-order chi connectivity index (χ1) is 26.3. The van der Waals surface area contributed by atoms with Gasteiger partial charge in [0.25, 0.3) is 0 Å². The Bertz CT molecular complexity index is 3200. The van der Waals surface area contributed by atoms with Gasteiger partial charge in [0, 0.05) is 16.8 Å². The number of fused-ring (bicyclic) bond motifs is 13. The molecule has 0 bridgehead atoms. The van der Waals surface area contributed by atoms with Crippen molar-refractivity contribution in [2.75, 3.05) is 4.90 Å². The van der Waals surface area contributed by atoms with Gasteiger partial charge in [-0.3, -0.25) is 0 Å². The summed E-state index contributed by atoms with van der Waals surface area (Å²) in [6, 6.07) is 73.7. The molecule has 0 unspecified atom stereocenters. The number of hydrogen-bond donors (Lipinski definition) is 0. The lowest BCUT2D eigenvalue weighted by Crippen LogP contribution is -2.11. The van der Waals surface area contributed by atoms with Gasteiger partial charge in [0.2, 0.25) is 0 Å². The molecule has 0 aliphatic rings. The van der Waals surface area contributed by atoms with Crippen LogP contribution in [0.15, 0.2) is 200 Å². The summed E-state index contributed by atoms with van der Waals surface area (Å²) in [6.45, 7) is 0. The standard InChI is InChI=1S/C52H33N/c1-2-13-34(14-3-1)37-16-12-17-39(31-37)53(40-29-30-46-44-21-7-6-19-42(44)43-20-8-9-22-45(43)49(46)33-40)50-32-38-28-27-36-26-25-35-15-4-5-18-41(35)51(36)52(38)48-24-11-10-23-47(48)50/h1-33H. The highest BCUT2D eigenvalue weighted by Gasteiger charge is 2.21. The third-order valence-electron chi connectivity index (χ3n) is 11.1. The van der Waals surface area contributed by atoms with Gasteiger partial charge in [0.15, 0.2) is 0 Å². The van der Waals surface area contributed by atoms with Crippen LogP contribution in [0.3, 0.4) is 0 Å². The molecule has 0 saturated carbocycles. The summed E-state index contributed by atoms with van der Waals surface area (Å²) in [5, 5.41) is 17.7. The van der Waals surface area contributed by atoms with E-state index < -0.39 is 0 Å². The van der Waals surface area contributed by atoms with E-state index in [1.54, 1.807) is 0 Å². The van der Waals surface area contributed by atoms with Crippen LogP contribution in [-0.4, -0.2) is 0 Å². The third-order valence-corrected chi connectivity index (χ3v) is 11.1. The third kappa shape index (κ3) is 4.64. The van der Waals surface area contributed by atoms with Crippen LogP contribution in [0.2, 0.25) is 0 Å². The highest BCUT2D eigenvalue weighted by atomic mass is 15.1. The molecular weight excluding hydrogens is 639 g/mol. The Labute approximate surface area is 307 Å². The van der Waals surface area contributed by atoms with Gasteiger partial charge in [-0.1, -0.05) is 170 Å². The van der Waals surface area contributed by atoms with E-state index in [0.29, 0.717) is 0 Å². The first-order valence-electron chi connectivity index (χ1n) is 18.3. The maximum Gasteiger partial charge on any atom is 0.0546 e. The number of anilines is 3. The minimum Gasteiger partial charge on any atom is -0.310 e. The summed E-state index contributed by atoms with van der Waals surface area (Å²) in [7, 11) is 0. The van der Waals surface area contributed by atoms with E-state index >= 15 is 0 Å². The van der Waals surface area contributed by atoms with E-state index in [2.05, 4.69) is 205 Å². The zero-order valence-corrected chi connectivity index (χ0v) is 29.0. The molecule has 0 saturated heterocycles. The first-order valence-corrected chi connectivity index (χ1v) is 18.3. The van der Waals surface area contributed by atoms with Crippen LogP contribution in [0.1, 0.15) is 0 Å². The van der Waals surface area contributed by atoms with Crippen LogP contribution in [-0.2, 0) is 0 Å². The lowest BCUT2D eigenvalue weighted by molar-refractivity contribution is 1.31. The summed E-state index contributed by atoms with van der Waals surface area (Å²) in [5.41, 5.74) is 5.78. The van der Waals surface area contributed by atoms with Gasteiger partial charge in [0.05, 0.1) is 5.69 Å². The Hall–Kier alpha value is -6.96. The van der Waals surface area contributed by atoms with E-state index in [9.17, 15) is 0 Å². The molecule has 0 atom stereocenters. The molecule has 11 aromatic rings. The molecule has 0 aromatic heterocycles. The molecule has 1 heteroatoms. The van der Waals surface area contributed by atoms with Gasteiger partial charge >= 0.3 is 0 Å². The minimum atomic E-state index is 1.12. The van der Waals surface area contributed by atoms with Crippen molar-refractivity contribution in [3.63, 3.8) is 0 Å². The zero-order chi connectivity index (χ0) is 34.9. The fourth-order valence-corrected chi connectivity index (χ4v) is 8.78. The molecule has 0 spiro atoms. The molecule has 0 heterocycles. The summed E-state index contributed by atoms with van der Waals surface area (Å²) >= 11 is 0. The van der Waals surface area contributed by atoms with Crippen molar-refractivity contribution in [3.8, 4) is 11.1 Å². The summed E-state index contributed by atoms with van der Waals surface area (Å²) in [4.78, 5) is 2.48. The van der Waals surface area contributed by atoms with Crippen molar-refractivity contribution in [2.45, 2.75) is 0 Å². The molecule has 0 amide bonds. The number of nitrogens with zero attached hydrogens (tertiary/aromatic N) is 1. The predicted octanol–water partition coefficient (Wildman–Crippen LogP) is 14.9. The summed E-state index contributed by atoms with van der Waals surface area (Å²) in [6.07, 6.45) is 0. The molecule has 1 nitrogen and oxygen atoms in total. The number of benzene rings is 11. The lowest BCUT2D eigenvalue weighted by Gasteiger charge is -2.29. The fourth-order valence-electron chi connectivity index (χ4n) is 8.78. The van der Waals surface area contributed by atoms with Gasteiger partial charge in [-0.2, -0.15) is 0 Å². The summed E-state index contributed by atoms with van der Waals surface area (Å²) < 4.78 is 0. The van der Waals surface area contributed by atoms with Crippen LogP contribution in [0.5, 0.6) is 0 Å². The van der Waals surface area contributed by atoms with E-state index in [1.807, 2.05) is 0 Å². The van der Waals surface area contributed by atoms with Crippen molar-refractivity contribution >= 4 is 92.5 Å². The first kappa shape index (κ1) is 29.7. The average Bonchev–Trinajstić information content (AvgIpc) is 3.24. The van der Waals surface area contributed by atoms with Crippen molar-refractivity contribution in [3.05, 3.63) is 200 Å². The SMILES string of the molecule is c1ccc(-c2cccc(N(c3ccc4c5ccccc5c5ccccc5c4c3)c3cc4ccc5ccc6ccccc6c5c4c4ccccc34)c2)cc1. The van der Waals surface area contributed by atoms with Crippen molar-refractivity contribution < 1.29 is 0 Å². The minimum absolute atomic E-state index is 1.12. The maximum atomic E-state index is 2.48. The molecule has 0 aliphatic heterocycles. The van der Waals surface area contributed by atoms with Crippen LogP contribution >= 0.6 is 0 Å². The molecule has 11 aromatic carbocycles. The lowest BCUT2D eigenvalue weighted by atomic mass is 9.91. The quantitative estimate of drug-likeness (QED) is 0.168. The predicted molar refractivity (Wildman–Crippen MR) is 229 cm³/mol. The van der Waals surface area contributed by atoms with E-state index in [4.69, 9.17) is 0 Å². The van der Waals surface area contributed by atoms with E-state index in [0.717, 1.165) is 17.1 Å². The average molecular weight is 672 g/mol. The normalized spacial score (nSPS) is 11.8. The van der Waals surface area contributed by atoms with Gasteiger partial charge in [0.1, 0.15) is 0 Å². The summed E-state index contributed by atoms with van der Waals surface area (Å²) in [5.74, 6) is 0. The monoisotopic (exact) mass is 671 g/mol. The largest absolute Gasteiger partial charge is 0.310 e. The van der Waals surface area contributed by atoms with Crippen LogP contribution in [0, 0.1) is 0 Å². The molecule has 246 valence electrons. The Morgan fingerprint density at radius 1 is 0.245 bits per heavy atom. The second-order valence-electron chi connectivity index (χ2n) is 14.1. The van der Waals surface area contributed by atoms with E-state index in [-0.39, 0.29) is 0 Å². The highest BCUT2D eigenvalue weighted by Crippen LogP contribution is 2.47. The molecule has 0 fully saturated rings. The molecule has 53 heavy (non-hydrogen) atoms. The van der Waals surface area contributed by atoms with Crippen molar-refractivity contribution in [2.24, 2.45) is 0 Å². The second kappa shape index (κ2) is 11.8. The highest BCUT2D eigenvalue weighted by molar-refractivity contribution is 6.30. The molecule has 0 aliphatic carbocycles. The molecular formula is C52H33N. The van der Waals surface area contributed by atoms with Gasteiger partial charge in [-0.05, 0) is 111 Å². The van der Waals surface area contributed by atoms with Crippen molar-refractivity contribution in [1.82, 2.24) is 0 Å². The molecule has 0 N–H and O–H groups in total. The topological polar surface area (TPSA) is 3.24 Å². The van der Waals surface area contributed by atoms with E-state index in [1.165, 1.54) is 86.5 Å². The van der Waals surface area contributed by atoms with Crippen LogP contribution in [0.25, 0.3) is 86.5 Å². The van der Waals surface area contributed by atoms with Gasteiger partial charge in [-0.15, -0.1) is 0 Å². The fraction of sp³-hybridized carbons (Fsp3) is 0. The Kier molecular flexibility index (Phi) is 6.62. The van der Waals surface area contributed by atoms with Crippen LogP contribution < -0.4 is 4.90 Å². The molecule has 11 rings (SSSR count). The zero-order valence-electron chi connectivity index (χ0n) is 29.0. The molecule has 0 radical (unpaired) electrons. The van der Waals surface area contributed by atoms with Crippen molar-refractivity contribution in [1.29, 1.82) is 0 Å². The Morgan fingerprint density at radius 3 is 1.49 bits per heavy atom. The second-order valence-corrected chi connectivity index (χ2v) is 14.1. The van der Waals surface area contributed by atoms with Crippen LogP contribution in [0.4, 0.5) is 17.1 Å².